The molecule has 0 unspecified atom stereocenters. The van der Waals surface area contributed by atoms with Crippen LogP contribution in [0.15, 0.2) is 42.5 Å². The fraction of sp³-hybridized carbons (Fsp3) is 0.143. The van der Waals surface area contributed by atoms with Gasteiger partial charge in [0.05, 0.1) is 0 Å². The van der Waals surface area contributed by atoms with Gasteiger partial charge in [0.1, 0.15) is 5.82 Å². The van der Waals surface area contributed by atoms with Crippen LogP contribution in [0, 0.1) is 17.5 Å². The van der Waals surface area contributed by atoms with Crippen molar-refractivity contribution in [2.45, 2.75) is 13.1 Å². The fourth-order valence-corrected chi connectivity index (χ4v) is 1.60. The van der Waals surface area contributed by atoms with Gasteiger partial charge in [0.25, 0.3) is 0 Å². The summed E-state index contributed by atoms with van der Waals surface area (Å²) in [6.45, 7) is 0.966. The average molecular weight is 251 g/mol. The summed E-state index contributed by atoms with van der Waals surface area (Å²) in [5.74, 6) is -1.98. The number of benzene rings is 2. The first-order valence-corrected chi connectivity index (χ1v) is 5.54. The van der Waals surface area contributed by atoms with Gasteiger partial charge in [0, 0.05) is 13.1 Å². The van der Waals surface area contributed by atoms with Crippen molar-refractivity contribution in [3.05, 3.63) is 71.0 Å². The molecule has 0 aliphatic heterocycles. The third-order valence-corrected chi connectivity index (χ3v) is 2.56. The highest BCUT2D eigenvalue weighted by Crippen LogP contribution is 2.09. The van der Waals surface area contributed by atoms with E-state index in [2.05, 4.69) is 5.32 Å². The van der Waals surface area contributed by atoms with Crippen LogP contribution in [-0.2, 0) is 13.1 Å². The molecular formula is C14H12F3N. The van der Waals surface area contributed by atoms with Crippen molar-refractivity contribution in [2.75, 3.05) is 0 Å². The summed E-state index contributed by atoms with van der Waals surface area (Å²) in [6.07, 6.45) is 0. The fourth-order valence-electron chi connectivity index (χ4n) is 1.60. The van der Waals surface area contributed by atoms with Crippen LogP contribution in [0.2, 0.25) is 0 Å². The standard InChI is InChI=1S/C14H12F3N/c15-12-4-1-10(2-5-12)8-18-9-11-3-6-13(16)14(17)7-11/h1-7,18H,8-9H2. The lowest BCUT2D eigenvalue weighted by atomic mass is 10.2. The van der Waals surface area contributed by atoms with Crippen LogP contribution >= 0.6 is 0 Å². The third kappa shape index (κ3) is 3.34. The molecule has 0 saturated carbocycles. The summed E-state index contributed by atoms with van der Waals surface area (Å²) in [5.41, 5.74) is 1.59. The molecular weight excluding hydrogens is 239 g/mol. The van der Waals surface area contributed by atoms with Crippen LogP contribution < -0.4 is 5.32 Å². The highest BCUT2D eigenvalue weighted by molar-refractivity contribution is 5.19. The van der Waals surface area contributed by atoms with E-state index in [0.717, 1.165) is 17.7 Å². The lowest BCUT2D eigenvalue weighted by Crippen LogP contribution is -2.12. The molecule has 0 spiro atoms. The largest absolute Gasteiger partial charge is 0.309 e. The van der Waals surface area contributed by atoms with Crippen LogP contribution in [0.4, 0.5) is 13.2 Å². The normalized spacial score (nSPS) is 10.6. The van der Waals surface area contributed by atoms with Gasteiger partial charge in [0.15, 0.2) is 11.6 Å². The molecule has 0 fully saturated rings. The zero-order valence-corrected chi connectivity index (χ0v) is 9.59. The van der Waals surface area contributed by atoms with Gasteiger partial charge in [0.2, 0.25) is 0 Å². The summed E-state index contributed by atoms with van der Waals surface area (Å²) in [4.78, 5) is 0. The Bertz CT molecular complexity index is 523. The summed E-state index contributed by atoms with van der Waals surface area (Å²) in [5, 5.41) is 3.07. The Kier molecular flexibility index (Phi) is 3.99. The predicted octanol–water partition coefficient (Wildman–Crippen LogP) is 3.39. The van der Waals surface area contributed by atoms with Gasteiger partial charge >= 0.3 is 0 Å². The minimum Gasteiger partial charge on any atom is -0.309 e. The van der Waals surface area contributed by atoms with Gasteiger partial charge in [-0.15, -0.1) is 0 Å². The van der Waals surface area contributed by atoms with Crippen molar-refractivity contribution in [2.24, 2.45) is 0 Å². The molecule has 0 bridgehead atoms. The minimum absolute atomic E-state index is 0.278. The summed E-state index contributed by atoms with van der Waals surface area (Å²) < 4.78 is 38.3. The Labute approximate surface area is 103 Å². The molecule has 4 heteroatoms. The van der Waals surface area contributed by atoms with Crippen molar-refractivity contribution in [1.29, 1.82) is 0 Å². The van der Waals surface area contributed by atoms with E-state index < -0.39 is 11.6 Å². The highest BCUT2D eigenvalue weighted by Gasteiger charge is 2.02. The smallest absolute Gasteiger partial charge is 0.159 e. The number of nitrogens with one attached hydrogen (secondary N) is 1. The summed E-state index contributed by atoms with van der Waals surface area (Å²) >= 11 is 0. The maximum Gasteiger partial charge on any atom is 0.159 e. The second kappa shape index (κ2) is 5.69. The maximum absolute atomic E-state index is 12.9. The van der Waals surface area contributed by atoms with E-state index in [0.29, 0.717) is 18.7 Å². The first-order chi connectivity index (χ1) is 8.65. The van der Waals surface area contributed by atoms with E-state index in [1.807, 2.05) is 0 Å². The number of hydrogen-bond donors (Lipinski definition) is 1. The zero-order valence-electron chi connectivity index (χ0n) is 9.59. The van der Waals surface area contributed by atoms with Crippen LogP contribution in [0.3, 0.4) is 0 Å². The Hall–Kier alpha value is -1.81. The first-order valence-electron chi connectivity index (χ1n) is 5.54. The van der Waals surface area contributed by atoms with E-state index in [9.17, 15) is 13.2 Å². The van der Waals surface area contributed by atoms with Gasteiger partial charge in [-0.2, -0.15) is 0 Å². The summed E-state index contributed by atoms with van der Waals surface area (Å²) in [7, 11) is 0. The van der Waals surface area contributed by atoms with E-state index in [1.54, 1.807) is 12.1 Å². The van der Waals surface area contributed by atoms with E-state index >= 15 is 0 Å². The van der Waals surface area contributed by atoms with Crippen LogP contribution in [0.1, 0.15) is 11.1 Å². The van der Waals surface area contributed by atoms with Gasteiger partial charge < -0.3 is 5.32 Å². The van der Waals surface area contributed by atoms with Crippen LogP contribution in [-0.4, -0.2) is 0 Å². The zero-order chi connectivity index (χ0) is 13.0. The molecule has 2 rings (SSSR count). The average Bonchev–Trinajstić information content (AvgIpc) is 2.36. The van der Waals surface area contributed by atoms with Gasteiger partial charge in [-0.05, 0) is 35.4 Å². The molecule has 2 aromatic rings. The lowest BCUT2D eigenvalue weighted by Gasteiger charge is -2.05. The highest BCUT2D eigenvalue weighted by atomic mass is 19.2. The lowest BCUT2D eigenvalue weighted by molar-refractivity contribution is 0.506. The first kappa shape index (κ1) is 12.6. The predicted molar refractivity (Wildman–Crippen MR) is 63.3 cm³/mol. The van der Waals surface area contributed by atoms with E-state index in [-0.39, 0.29) is 5.82 Å². The monoisotopic (exact) mass is 251 g/mol. The van der Waals surface area contributed by atoms with Gasteiger partial charge in [-0.3, -0.25) is 0 Å². The van der Waals surface area contributed by atoms with Crippen molar-refractivity contribution >= 4 is 0 Å². The SMILES string of the molecule is Fc1ccc(CNCc2ccc(F)c(F)c2)cc1. The van der Waals surface area contributed by atoms with Crippen molar-refractivity contribution in [1.82, 2.24) is 5.32 Å². The summed E-state index contributed by atoms with van der Waals surface area (Å²) in [6, 6.07) is 9.90. The molecule has 0 aromatic heterocycles. The second-order valence-corrected chi connectivity index (χ2v) is 3.98. The molecule has 1 nitrogen and oxygen atoms in total. The second-order valence-electron chi connectivity index (χ2n) is 3.98. The van der Waals surface area contributed by atoms with E-state index in [4.69, 9.17) is 0 Å². The van der Waals surface area contributed by atoms with Crippen molar-refractivity contribution in [3.8, 4) is 0 Å². The molecule has 1 N–H and O–H groups in total. The third-order valence-electron chi connectivity index (χ3n) is 2.56. The number of rotatable bonds is 4. The maximum atomic E-state index is 12.9. The Morgan fingerprint density at radius 1 is 0.722 bits per heavy atom. The molecule has 0 heterocycles. The molecule has 0 aliphatic carbocycles. The Morgan fingerprint density at radius 3 is 2.00 bits per heavy atom. The molecule has 0 aliphatic rings. The molecule has 0 saturated heterocycles. The molecule has 0 radical (unpaired) electrons. The van der Waals surface area contributed by atoms with Crippen LogP contribution in [0.5, 0.6) is 0 Å². The number of halogens is 3. The molecule has 0 atom stereocenters. The topological polar surface area (TPSA) is 12.0 Å². The van der Waals surface area contributed by atoms with Gasteiger partial charge in [-0.1, -0.05) is 18.2 Å². The Morgan fingerprint density at radius 2 is 1.33 bits per heavy atom. The minimum atomic E-state index is -0.851. The van der Waals surface area contributed by atoms with Crippen LogP contribution in [0.25, 0.3) is 0 Å². The van der Waals surface area contributed by atoms with E-state index in [1.165, 1.54) is 18.2 Å². The molecule has 2 aromatic carbocycles. The molecule has 0 amide bonds. The quantitative estimate of drug-likeness (QED) is 0.878. The van der Waals surface area contributed by atoms with Crippen molar-refractivity contribution < 1.29 is 13.2 Å². The van der Waals surface area contributed by atoms with Crippen molar-refractivity contribution in [3.63, 3.8) is 0 Å². The number of hydrogen-bond acceptors (Lipinski definition) is 1. The molecule has 18 heavy (non-hydrogen) atoms. The molecule has 94 valence electrons. The van der Waals surface area contributed by atoms with Gasteiger partial charge in [-0.25, -0.2) is 13.2 Å². The Balaban J connectivity index is 1.88.